The highest BCUT2D eigenvalue weighted by Crippen LogP contribution is 2.60. The molecule has 0 aromatic carbocycles. The van der Waals surface area contributed by atoms with Crippen LogP contribution in [0.3, 0.4) is 0 Å². The first-order chi connectivity index (χ1) is 10.5. The summed E-state index contributed by atoms with van der Waals surface area (Å²) in [5.74, 6) is 0.957. The van der Waals surface area contributed by atoms with E-state index in [1.54, 1.807) is 0 Å². The van der Waals surface area contributed by atoms with Crippen molar-refractivity contribution in [2.75, 3.05) is 6.61 Å². The molecule has 8 atom stereocenters. The molecule has 1 aliphatic carbocycles. The topological polar surface area (TPSA) is 46.2 Å². The number of hydrogen-bond donors (Lipinski definition) is 0. The third kappa shape index (κ3) is 1.96. The summed E-state index contributed by atoms with van der Waals surface area (Å²) in [6, 6.07) is 0. The maximum atomic E-state index is 6.25. The van der Waals surface area contributed by atoms with E-state index in [1.807, 2.05) is 13.8 Å². The van der Waals surface area contributed by atoms with Crippen molar-refractivity contribution in [3.8, 4) is 0 Å². The third-order valence-corrected chi connectivity index (χ3v) is 6.43. The summed E-state index contributed by atoms with van der Waals surface area (Å²) < 4.78 is 18.3. The molecular formula is C17H28O5. The van der Waals surface area contributed by atoms with Gasteiger partial charge < -0.3 is 14.2 Å². The van der Waals surface area contributed by atoms with Gasteiger partial charge in [-0.2, -0.15) is 0 Å². The van der Waals surface area contributed by atoms with E-state index >= 15 is 0 Å². The van der Waals surface area contributed by atoms with Gasteiger partial charge in [-0.25, -0.2) is 9.78 Å². The average Bonchev–Trinajstić information content (AvgIpc) is 2.71. The minimum Gasteiger partial charge on any atom is -0.353 e. The third-order valence-electron chi connectivity index (χ3n) is 6.43. The molecule has 22 heavy (non-hydrogen) atoms. The standard InChI is InChI=1S/C17H28O5/c1-5-18-14-11(3)13-7-6-10(2)12-8-9-16(4)20-15(19-14)17(12,13)22-21-16/h10-15H,5-9H2,1-4H3/t10-,11-,12+,13?,14?,15-,16-,17-/m1/s1. The SMILES string of the molecule is CCOC1O[C@@H]2O[C@@]3(C)CC[C@H]4[C@H](C)CCC([C@H]1C)[C@@]24OO3. The summed E-state index contributed by atoms with van der Waals surface area (Å²) in [6.07, 6.45) is 3.66. The van der Waals surface area contributed by atoms with Crippen molar-refractivity contribution >= 4 is 0 Å². The first-order valence-corrected chi connectivity index (χ1v) is 8.82. The van der Waals surface area contributed by atoms with Gasteiger partial charge in [0.2, 0.25) is 5.79 Å². The van der Waals surface area contributed by atoms with E-state index in [4.69, 9.17) is 24.0 Å². The summed E-state index contributed by atoms with van der Waals surface area (Å²) in [7, 11) is 0. The molecule has 5 aliphatic rings. The molecule has 0 radical (unpaired) electrons. The van der Waals surface area contributed by atoms with Crippen LogP contribution >= 0.6 is 0 Å². The Morgan fingerprint density at radius 1 is 1.09 bits per heavy atom. The van der Waals surface area contributed by atoms with Gasteiger partial charge in [-0.3, -0.25) is 0 Å². The molecular weight excluding hydrogens is 284 g/mol. The maximum absolute atomic E-state index is 6.25. The van der Waals surface area contributed by atoms with Crippen LogP contribution in [0.2, 0.25) is 0 Å². The lowest BCUT2D eigenvalue weighted by Gasteiger charge is -2.60. The predicted molar refractivity (Wildman–Crippen MR) is 78.5 cm³/mol. The summed E-state index contributed by atoms with van der Waals surface area (Å²) in [6.45, 7) is 9.15. The van der Waals surface area contributed by atoms with Gasteiger partial charge in [-0.15, -0.1) is 0 Å². The molecule has 1 saturated carbocycles. The fraction of sp³-hybridized carbons (Fsp3) is 1.00. The van der Waals surface area contributed by atoms with Crippen LogP contribution in [0.15, 0.2) is 0 Å². The Morgan fingerprint density at radius 3 is 2.68 bits per heavy atom. The van der Waals surface area contributed by atoms with Crippen LogP contribution in [0.1, 0.15) is 53.4 Å². The van der Waals surface area contributed by atoms with Crippen molar-refractivity contribution in [1.82, 2.24) is 0 Å². The first kappa shape index (κ1) is 15.3. The Bertz CT molecular complexity index is 443. The largest absolute Gasteiger partial charge is 0.353 e. The second-order valence-electron chi connectivity index (χ2n) is 7.73. The minimum absolute atomic E-state index is 0.216. The molecule has 2 bridgehead atoms. The van der Waals surface area contributed by atoms with Gasteiger partial charge in [-0.1, -0.05) is 13.8 Å². The zero-order valence-electron chi connectivity index (χ0n) is 14.0. The number of hydrogen-bond acceptors (Lipinski definition) is 5. The van der Waals surface area contributed by atoms with Crippen LogP contribution in [-0.2, 0) is 24.0 Å². The molecule has 0 aromatic heterocycles. The number of rotatable bonds is 2. The second-order valence-corrected chi connectivity index (χ2v) is 7.73. The van der Waals surface area contributed by atoms with Crippen molar-refractivity contribution in [3.05, 3.63) is 0 Å². The van der Waals surface area contributed by atoms with E-state index in [1.165, 1.54) is 6.42 Å². The lowest BCUT2D eigenvalue weighted by Crippen LogP contribution is -2.70. The van der Waals surface area contributed by atoms with E-state index in [0.29, 0.717) is 24.4 Å². The van der Waals surface area contributed by atoms with Crippen molar-refractivity contribution in [1.29, 1.82) is 0 Å². The summed E-state index contributed by atoms with van der Waals surface area (Å²) in [4.78, 5) is 11.9. The molecule has 4 saturated heterocycles. The molecule has 1 spiro atoms. The predicted octanol–water partition coefficient (Wildman–Crippen LogP) is 3.23. The monoisotopic (exact) mass is 312 g/mol. The van der Waals surface area contributed by atoms with Crippen molar-refractivity contribution in [2.24, 2.45) is 23.7 Å². The van der Waals surface area contributed by atoms with Gasteiger partial charge >= 0.3 is 0 Å². The van der Waals surface area contributed by atoms with E-state index in [0.717, 1.165) is 19.3 Å². The lowest BCUT2D eigenvalue weighted by molar-refractivity contribution is -0.577. The fourth-order valence-corrected chi connectivity index (χ4v) is 5.23. The minimum atomic E-state index is -0.700. The van der Waals surface area contributed by atoms with Gasteiger partial charge in [0.15, 0.2) is 18.2 Å². The van der Waals surface area contributed by atoms with Gasteiger partial charge in [0.25, 0.3) is 0 Å². The Morgan fingerprint density at radius 2 is 1.91 bits per heavy atom. The van der Waals surface area contributed by atoms with Crippen molar-refractivity contribution in [2.45, 2.75) is 77.3 Å². The average molecular weight is 312 g/mol. The highest BCUT2D eigenvalue weighted by Gasteiger charge is 2.69. The van der Waals surface area contributed by atoms with Crippen LogP contribution in [0, 0.1) is 23.7 Å². The smallest absolute Gasteiger partial charge is 0.201 e. The molecule has 0 amide bonds. The molecule has 5 heteroatoms. The number of ether oxygens (including phenoxy) is 3. The molecule has 5 nitrogen and oxygen atoms in total. The molecule has 5 fully saturated rings. The molecule has 4 aliphatic heterocycles. The number of fused-ring (bicyclic) bond motifs is 2. The molecule has 126 valence electrons. The molecule has 4 heterocycles. The van der Waals surface area contributed by atoms with Crippen LogP contribution in [0.5, 0.6) is 0 Å². The van der Waals surface area contributed by atoms with Gasteiger partial charge in [0.05, 0.1) is 0 Å². The van der Waals surface area contributed by atoms with E-state index in [9.17, 15) is 0 Å². The molecule has 2 unspecified atom stereocenters. The first-order valence-electron chi connectivity index (χ1n) is 8.82. The lowest BCUT2D eigenvalue weighted by atomic mass is 9.58. The van der Waals surface area contributed by atoms with Crippen LogP contribution < -0.4 is 0 Å². The van der Waals surface area contributed by atoms with Crippen molar-refractivity contribution < 1.29 is 24.0 Å². The molecule has 5 rings (SSSR count). The quantitative estimate of drug-likeness (QED) is 0.733. The Kier molecular flexibility index (Phi) is 3.59. The van der Waals surface area contributed by atoms with Crippen molar-refractivity contribution in [3.63, 3.8) is 0 Å². The highest BCUT2D eigenvalue weighted by atomic mass is 17.3. The normalized spacial score (nSPS) is 57.3. The van der Waals surface area contributed by atoms with E-state index in [-0.39, 0.29) is 18.5 Å². The van der Waals surface area contributed by atoms with Gasteiger partial charge in [0.1, 0.15) is 0 Å². The maximum Gasteiger partial charge on any atom is 0.201 e. The summed E-state index contributed by atoms with van der Waals surface area (Å²) >= 11 is 0. The summed E-state index contributed by atoms with van der Waals surface area (Å²) in [5, 5.41) is 0. The zero-order valence-corrected chi connectivity index (χ0v) is 14.0. The van der Waals surface area contributed by atoms with E-state index in [2.05, 4.69) is 13.8 Å². The Balaban J connectivity index is 1.75. The summed E-state index contributed by atoms with van der Waals surface area (Å²) in [5.41, 5.74) is -0.472. The zero-order chi connectivity index (χ0) is 15.5. The molecule has 0 N–H and O–H groups in total. The highest BCUT2D eigenvalue weighted by molar-refractivity contribution is 5.09. The van der Waals surface area contributed by atoms with Crippen LogP contribution in [-0.4, -0.2) is 30.6 Å². The Hall–Kier alpha value is -0.200. The second kappa shape index (κ2) is 5.15. The van der Waals surface area contributed by atoms with Crippen LogP contribution in [0.4, 0.5) is 0 Å². The Labute approximate surface area is 132 Å². The van der Waals surface area contributed by atoms with Crippen LogP contribution in [0.25, 0.3) is 0 Å². The van der Waals surface area contributed by atoms with Gasteiger partial charge in [-0.05, 0) is 44.9 Å². The van der Waals surface area contributed by atoms with E-state index < -0.39 is 11.4 Å². The fourth-order valence-electron chi connectivity index (χ4n) is 5.23. The van der Waals surface area contributed by atoms with Gasteiger partial charge in [0, 0.05) is 24.9 Å². The molecule has 0 aromatic rings.